The van der Waals surface area contributed by atoms with Crippen LogP contribution in [0.1, 0.15) is 16.8 Å². The van der Waals surface area contributed by atoms with Crippen molar-refractivity contribution in [1.82, 2.24) is 9.29 Å². The summed E-state index contributed by atoms with van der Waals surface area (Å²) in [5.74, 6) is 0. The number of alkyl halides is 3. The van der Waals surface area contributed by atoms with Crippen LogP contribution in [0.4, 0.5) is 18.3 Å². The number of piperazine rings is 1. The van der Waals surface area contributed by atoms with Gasteiger partial charge in [0.1, 0.15) is 0 Å². The Bertz CT molecular complexity index is 1260. The molecule has 1 aromatic heterocycles. The molecule has 0 amide bonds. The minimum atomic E-state index is -4.75. The summed E-state index contributed by atoms with van der Waals surface area (Å²) >= 11 is 13.4. The van der Waals surface area contributed by atoms with Crippen LogP contribution in [0.2, 0.25) is 10.0 Å². The van der Waals surface area contributed by atoms with Crippen LogP contribution in [-0.2, 0) is 22.6 Å². The lowest BCUT2D eigenvalue weighted by Crippen LogP contribution is -2.49. The minimum absolute atomic E-state index is 0.0657. The molecule has 1 fully saturated rings. The van der Waals surface area contributed by atoms with Crippen molar-refractivity contribution in [1.29, 1.82) is 0 Å². The molecule has 3 aromatic rings. The van der Waals surface area contributed by atoms with Crippen molar-refractivity contribution in [2.75, 3.05) is 31.1 Å². The van der Waals surface area contributed by atoms with E-state index in [0.29, 0.717) is 29.6 Å². The Morgan fingerprint density at radius 2 is 1.70 bits per heavy atom. The number of sulfonamides is 1. The Kier molecular flexibility index (Phi) is 6.93. The maximum atomic E-state index is 13.3. The van der Waals surface area contributed by atoms with Gasteiger partial charge in [-0.15, -0.1) is 11.3 Å². The second kappa shape index (κ2) is 9.42. The molecular weight excluding hydrogens is 518 g/mol. The van der Waals surface area contributed by atoms with Crippen LogP contribution in [0.3, 0.4) is 0 Å². The summed E-state index contributed by atoms with van der Waals surface area (Å²) in [6.45, 7) is 0.784. The third kappa shape index (κ3) is 5.30. The van der Waals surface area contributed by atoms with E-state index in [1.807, 2.05) is 16.3 Å². The number of benzene rings is 2. The fourth-order valence-electron chi connectivity index (χ4n) is 3.57. The molecule has 0 radical (unpaired) electrons. The van der Waals surface area contributed by atoms with Gasteiger partial charge < -0.3 is 4.90 Å². The Morgan fingerprint density at radius 3 is 2.36 bits per heavy atom. The van der Waals surface area contributed by atoms with Crippen LogP contribution < -0.4 is 4.90 Å². The van der Waals surface area contributed by atoms with Crippen molar-refractivity contribution in [3.05, 3.63) is 74.7 Å². The highest BCUT2D eigenvalue weighted by atomic mass is 35.5. The van der Waals surface area contributed by atoms with Crippen LogP contribution in [0.25, 0.3) is 0 Å². The number of anilines is 1. The van der Waals surface area contributed by atoms with Crippen molar-refractivity contribution in [3.63, 3.8) is 0 Å². The van der Waals surface area contributed by atoms with E-state index in [4.69, 9.17) is 23.2 Å². The zero-order chi connectivity index (χ0) is 23.8. The SMILES string of the molecule is O=S(=O)(c1ccccc1C(F)(F)F)N1CCN(c2nc(Cc3ccc(Cl)c(Cl)c3)cs2)CC1. The lowest BCUT2D eigenvalue weighted by atomic mass is 10.1. The summed E-state index contributed by atoms with van der Waals surface area (Å²) in [5.41, 5.74) is 0.641. The molecule has 33 heavy (non-hydrogen) atoms. The van der Waals surface area contributed by atoms with Gasteiger partial charge in [-0.1, -0.05) is 41.4 Å². The van der Waals surface area contributed by atoms with Crippen molar-refractivity contribution < 1.29 is 21.6 Å². The van der Waals surface area contributed by atoms with Crippen molar-refractivity contribution in [3.8, 4) is 0 Å². The maximum absolute atomic E-state index is 13.3. The summed E-state index contributed by atoms with van der Waals surface area (Å²) in [6.07, 6.45) is -4.19. The molecule has 0 aliphatic carbocycles. The lowest BCUT2D eigenvalue weighted by molar-refractivity contribution is -0.139. The number of thiazole rings is 1. The molecule has 0 atom stereocenters. The van der Waals surface area contributed by atoms with Crippen molar-refractivity contribution in [2.24, 2.45) is 0 Å². The molecule has 0 bridgehead atoms. The molecule has 1 saturated heterocycles. The number of hydrogen-bond donors (Lipinski definition) is 0. The molecule has 4 rings (SSSR count). The van der Waals surface area contributed by atoms with Gasteiger partial charge in [0.05, 0.1) is 26.2 Å². The van der Waals surface area contributed by atoms with Crippen molar-refractivity contribution >= 4 is 49.7 Å². The summed E-state index contributed by atoms with van der Waals surface area (Å²) < 4.78 is 66.9. The average molecular weight is 536 g/mol. The average Bonchev–Trinajstić information content (AvgIpc) is 3.24. The Morgan fingerprint density at radius 1 is 1.00 bits per heavy atom. The fraction of sp³-hybridized carbons (Fsp3) is 0.286. The number of nitrogens with zero attached hydrogens (tertiary/aromatic N) is 3. The quantitative estimate of drug-likeness (QED) is 0.428. The van der Waals surface area contributed by atoms with Gasteiger partial charge in [-0.25, -0.2) is 13.4 Å². The Hall–Kier alpha value is -1.85. The van der Waals surface area contributed by atoms with E-state index in [1.165, 1.54) is 23.5 Å². The molecule has 0 spiro atoms. The van der Waals surface area contributed by atoms with E-state index in [0.717, 1.165) is 32.8 Å². The van der Waals surface area contributed by atoms with Crippen LogP contribution in [0.15, 0.2) is 52.7 Å². The monoisotopic (exact) mass is 535 g/mol. The Balaban J connectivity index is 1.44. The van der Waals surface area contributed by atoms with E-state index < -0.39 is 26.7 Å². The first kappa shape index (κ1) is 24.3. The van der Waals surface area contributed by atoms with Gasteiger partial charge in [0.2, 0.25) is 10.0 Å². The molecule has 2 aromatic carbocycles. The molecule has 0 unspecified atom stereocenters. The van der Waals surface area contributed by atoms with Crippen LogP contribution >= 0.6 is 34.5 Å². The predicted molar refractivity (Wildman–Crippen MR) is 124 cm³/mol. The molecule has 1 aliphatic rings. The zero-order valence-corrected chi connectivity index (χ0v) is 20.2. The summed E-state index contributed by atoms with van der Waals surface area (Å²) in [4.78, 5) is 5.84. The van der Waals surface area contributed by atoms with Gasteiger partial charge in [0.15, 0.2) is 5.13 Å². The first-order chi connectivity index (χ1) is 15.6. The normalized spacial score (nSPS) is 15.7. The molecule has 12 heteroatoms. The zero-order valence-electron chi connectivity index (χ0n) is 17.0. The van der Waals surface area contributed by atoms with Gasteiger partial charge in [-0.3, -0.25) is 0 Å². The van der Waals surface area contributed by atoms with Crippen molar-refractivity contribution in [2.45, 2.75) is 17.5 Å². The van der Waals surface area contributed by atoms with Crippen LogP contribution in [0.5, 0.6) is 0 Å². The number of hydrogen-bond acceptors (Lipinski definition) is 5. The highest BCUT2D eigenvalue weighted by Gasteiger charge is 2.39. The minimum Gasteiger partial charge on any atom is -0.345 e. The van der Waals surface area contributed by atoms with E-state index in [2.05, 4.69) is 4.98 Å². The summed E-state index contributed by atoms with van der Waals surface area (Å²) in [7, 11) is -4.28. The summed E-state index contributed by atoms with van der Waals surface area (Å²) in [6, 6.07) is 9.64. The van der Waals surface area contributed by atoms with E-state index in [1.54, 1.807) is 12.1 Å². The highest BCUT2D eigenvalue weighted by Crippen LogP contribution is 2.35. The maximum Gasteiger partial charge on any atom is 0.417 e. The van der Waals surface area contributed by atoms with E-state index in [9.17, 15) is 21.6 Å². The Labute approximate surface area is 203 Å². The number of rotatable bonds is 5. The first-order valence-corrected chi connectivity index (χ1v) is 12.9. The molecule has 1 aliphatic heterocycles. The molecular formula is C21H18Cl2F3N3O2S2. The number of halogens is 5. The fourth-order valence-corrected chi connectivity index (χ4v) is 6.40. The van der Waals surface area contributed by atoms with Gasteiger partial charge in [0, 0.05) is 38.0 Å². The molecule has 5 nitrogen and oxygen atoms in total. The topological polar surface area (TPSA) is 53.5 Å². The third-order valence-electron chi connectivity index (χ3n) is 5.23. The standard InChI is InChI=1S/C21H18Cl2F3N3O2S2/c22-17-6-5-14(12-18(17)23)11-15-13-32-20(27-15)28-7-9-29(10-8-28)33(30,31)19-4-2-1-3-16(19)21(24,25)26/h1-6,12-13H,7-11H2. The first-order valence-electron chi connectivity index (χ1n) is 9.85. The molecule has 0 saturated carbocycles. The van der Waals surface area contributed by atoms with Crippen LogP contribution in [-0.4, -0.2) is 43.9 Å². The number of aromatic nitrogens is 1. The smallest absolute Gasteiger partial charge is 0.345 e. The third-order valence-corrected chi connectivity index (χ3v) is 8.87. The van der Waals surface area contributed by atoms with E-state index in [-0.39, 0.29) is 13.1 Å². The summed E-state index contributed by atoms with van der Waals surface area (Å²) in [5, 5.41) is 3.59. The van der Waals surface area contributed by atoms with Gasteiger partial charge >= 0.3 is 6.18 Å². The lowest BCUT2D eigenvalue weighted by Gasteiger charge is -2.34. The second-order valence-electron chi connectivity index (χ2n) is 7.43. The van der Waals surface area contributed by atoms with E-state index >= 15 is 0 Å². The van der Waals surface area contributed by atoms with Gasteiger partial charge in [-0.05, 0) is 29.8 Å². The predicted octanol–water partition coefficient (Wildman–Crippen LogP) is 5.57. The second-order valence-corrected chi connectivity index (χ2v) is 11.0. The molecule has 0 N–H and O–H groups in total. The van der Waals surface area contributed by atoms with Gasteiger partial charge in [0.25, 0.3) is 0 Å². The molecule has 176 valence electrons. The highest BCUT2D eigenvalue weighted by molar-refractivity contribution is 7.89. The largest absolute Gasteiger partial charge is 0.417 e. The van der Waals surface area contributed by atoms with Gasteiger partial charge in [-0.2, -0.15) is 17.5 Å². The molecule has 2 heterocycles. The van der Waals surface area contributed by atoms with Crippen LogP contribution in [0, 0.1) is 0 Å².